The fourth-order valence-corrected chi connectivity index (χ4v) is 5.63. The number of hydrogen-bond donors (Lipinski definition) is 0. The van der Waals surface area contributed by atoms with Gasteiger partial charge in [0.1, 0.15) is 5.82 Å². The summed E-state index contributed by atoms with van der Waals surface area (Å²) in [6.45, 7) is 6.31. The number of thioether (sulfide) groups is 1. The Bertz CT molecular complexity index is 1040. The molecule has 0 N–H and O–H groups in total. The Balaban J connectivity index is 1.11. The number of aryl methyl sites for hydroxylation is 1. The van der Waals surface area contributed by atoms with Crippen LogP contribution in [0.5, 0.6) is 0 Å². The number of benzene rings is 1. The van der Waals surface area contributed by atoms with E-state index in [1.165, 1.54) is 12.8 Å². The number of anilines is 1. The molecule has 5 rings (SSSR count). The van der Waals surface area contributed by atoms with Crippen molar-refractivity contribution in [3.63, 3.8) is 0 Å². The molecule has 0 spiro atoms. The van der Waals surface area contributed by atoms with Crippen molar-refractivity contribution in [2.45, 2.75) is 31.0 Å². The van der Waals surface area contributed by atoms with Crippen molar-refractivity contribution in [1.82, 2.24) is 24.6 Å². The van der Waals surface area contributed by atoms with Crippen LogP contribution >= 0.6 is 11.8 Å². The van der Waals surface area contributed by atoms with E-state index in [1.807, 2.05) is 30.7 Å². The van der Waals surface area contributed by atoms with Crippen LogP contribution in [-0.4, -0.2) is 62.6 Å². The predicted octanol–water partition coefficient (Wildman–Crippen LogP) is 3.61. The molecule has 0 bridgehead atoms. The first-order valence-electron chi connectivity index (χ1n) is 10.8. The molecule has 2 aliphatic heterocycles. The van der Waals surface area contributed by atoms with Gasteiger partial charge in [-0.15, -0.1) is 10.2 Å². The predicted molar refractivity (Wildman–Crippen MR) is 119 cm³/mol. The standard InChI is InChI=1S/C22H27FN6OS/c1-15-20(30-14-24-15)21-25-26-22(27(21)2)31-11-3-9-28-12-16-8-10-29(19(16)13-28)18-6-4-17(23)5-7-18/h4-7,14,16,19H,3,8-13H2,1-2H3/t16-,19?/m0/s1. The van der Waals surface area contributed by atoms with E-state index >= 15 is 0 Å². The molecule has 164 valence electrons. The number of nitrogens with zero attached hydrogens (tertiary/aromatic N) is 6. The second-order valence-electron chi connectivity index (χ2n) is 8.38. The molecule has 2 aliphatic rings. The lowest BCUT2D eigenvalue weighted by Crippen LogP contribution is -2.35. The molecule has 1 aromatic carbocycles. The van der Waals surface area contributed by atoms with E-state index in [9.17, 15) is 4.39 Å². The van der Waals surface area contributed by atoms with Gasteiger partial charge in [0.2, 0.25) is 5.82 Å². The molecule has 2 atom stereocenters. The monoisotopic (exact) mass is 442 g/mol. The lowest BCUT2D eigenvalue weighted by Gasteiger charge is -2.27. The first-order valence-corrected chi connectivity index (χ1v) is 11.8. The van der Waals surface area contributed by atoms with Crippen molar-refractivity contribution < 1.29 is 8.81 Å². The van der Waals surface area contributed by atoms with Gasteiger partial charge in [0.05, 0.1) is 5.69 Å². The van der Waals surface area contributed by atoms with E-state index in [0.717, 1.165) is 54.9 Å². The number of hydrogen-bond acceptors (Lipinski definition) is 7. The summed E-state index contributed by atoms with van der Waals surface area (Å²) >= 11 is 1.73. The average molecular weight is 443 g/mol. The third-order valence-electron chi connectivity index (χ3n) is 6.41. The van der Waals surface area contributed by atoms with Gasteiger partial charge in [0.15, 0.2) is 17.3 Å². The van der Waals surface area contributed by atoms with Gasteiger partial charge in [-0.2, -0.15) is 0 Å². The maximum absolute atomic E-state index is 13.3. The van der Waals surface area contributed by atoms with Crippen LogP contribution in [0.1, 0.15) is 18.5 Å². The molecule has 7 nitrogen and oxygen atoms in total. The lowest BCUT2D eigenvalue weighted by atomic mass is 10.1. The van der Waals surface area contributed by atoms with Crippen molar-refractivity contribution >= 4 is 17.4 Å². The normalized spacial score (nSPS) is 21.2. The highest BCUT2D eigenvalue weighted by atomic mass is 32.2. The third-order valence-corrected chi connectivity index (χ3v) is 7.52. The Morgan fingerprint density at radius 2 is 2.03 bits per heavy atom. The van der Waals surface area contributed by atoms with E-state index in [1.54, 1.807) is 23.9 Å². The highest BCUT2D eigenvalue weighted by molar-refractivity contribution is 7.99. The summed E-state index contributed by atoms with van der Waals surface area (Å²) in [5.41, 5.74) is 1.97. The van der Waals surface area contributed by atoms with Crippen LogP contribution in [0.4, 0.5) is 10.1 Å². The molecule has 9 heteroatoms. The summed E-state index contributed by atoms with van der Waals surface area (Å²) < 4.78 is 20.7. The highest BCUT2D eigenvalue weighted by Crippen LogP contribution is 2.35. The number of aromatic nitrogens is 4. The van der Waals surface area contributed by atoms with Gasteiger partial charge in [-0.05, 0) is 56.5 Å². The van der Waals surface area contributed by atoms with Crippen molar-refractivity contribution in [3.8, 4) is 11.6 Å². The molecule has 0 saturated carbocycles. The second kappa shape index (κ2) is 8.63. The fraction of sp³-hybridized carbons (Fsp3) is 0.500. The Labute approximate surface area is 185 Å². The summed E-state index contributed by atoms with van der Waals surface area (Å²) in [7, 11) is 1.96. The zero-order chi connectivity index (χ0) is 21.4. The van der Waals surface area contributed by atoms with Crippen LogP contribution in [0.15, 0.2) is 40.2 Å². The van der Waals surface area contributed by atoms with Gasteiger partial charge in [0, 0.05) is 44.2 Å². The van der Waals surface area contributed by atoms with Gasteiger partial charge < -0.3 is 18.8 Å². The molecule has 2 aromatic heterocycles. The summed E-state index contributed by atoms with van der Waals surface area (Å²) in [5.74, 6) is 2.93. The number of likely N-dealkylation sites (tertiary alicyclic amines) is 1. The maximum atomic E-state index is 13.3. The SMILES string of the molecule is Cc1ncoc1-c1nnc(SCCCN2CC3[C@@H](CCN3c3ccc(F)cc3)C2)n1C. The summed E-state index contributed by atoms with van der Waals surface area (Å²) in [6, 6.07) is 7.49. The van der Waals surface area contributed by atoms with Crippen LogP contribution in [-0.2, 0) is 7.05 Å². The van der Waals surface area contributed by atoms with Crippen molar-refractivity contribution in [1.29, 1.82) is 0 Å². The molecule has 3 aromatic rings. The van der Waals surface area contributed by atoms with Crippen LogP contribution in [0.2, 0.25) is 0 Å². The topological polar surface area (TPSA) is 63.2 Å². The Morgan fingerprint density at radius 3 is 2.81 bits per heavy atom. The minimum atomic E-state index is -0.170. The zero-order valence-corrected chi connectivity index (χ0v) is 18.7. The molecule has 2 saturated heterocycles. The molecule has 0 aliphatic carbocycles. The van der Waals surface area contributed by atoms with Gasteiger partial charge in [-0.25, -0.2) is 9.37 Å². The second-order valence-corrected chi connectivity index (χ2v) is 9.44. The van der Waals surface area contributed by atoms with E-state index in [0.29, 0.717) is 23.5 Å². The molecule has 31 heavy (non-hydrogen) atoms. The minimum absolute atomic E-state index is 0.170. The van der Waals surface area contributed by atoms with Crippen molar-refractivity contribution in [2.75, 3.05) is 36.8 Å². The first kappa shape index (κ1) is 20.5. The number of rotatable bonds is 7. The largest absolute Gasteiger partial charge is 0.440 e. The number of fused-ring (bicyclic) bond motifs is 1. The van der Waals surface area contributed by atoms with Crippen LogP contribution in [0.3, 0.4) is 0 Å². The van der Waals surface area contributed by atoms with E-state index in [2.05, 4.69) is 25.0 Å². The third kappa shape index (κ3) is 4.08. The van der Waals surface area contributed by atoms with Crippen molar-refractivity contribution in [3.05, 3.63) is 42.2 Å². The molecule has 1 unspecified atom stereocenters. The molecular formula is C22H27FN6OS. The van der Waals surface area contributed by atoms with Crippen LogP contribution in [0.25, 0.3) is 11.6 Å². The Hall–Kier alpha value is -2.39. The molecule has 4 heterocycles. The van der Waals surface area contributed by atoms with Gasteiger partial charge in [-0.3, -0.25) is 0 Å². The lowest BCUT2D eigenvalue weighted by molar-refractivity contribution is 0.319. The van der Waals surface area contributed by atoms with Crippen molar-refractivity contribution in [2.24, 2.45) is 13.0 Å². The van der Waals surface area contributed by atoms with Gasteiger partial charge >= 0.3 is 0 Å². The van der Waals surface area contributed by atoms with Crippen LogP contribution < -0.4 is 4.90 Å². The first-order chi connectivity index (χ1) is 15.1. The highest BCUT2D eigenvalue weighted by Gasteiger charge is 2.40. The summed E-state index contributed by atoms with van der Waals surface area (Å²) in [4.78, 5) is 9.17. The average Bonchev–Trinajstić information content (AvgIpc) is 3.52. The number of halogens is 1. The summed E-state index contributed by atoms with van der Waals surface area (Å²) in [6.07, 6.45) is 3.76. The Morgan fingerprint density at radius 1 is 1.19 bits per heavy atom. The van der Waals surface area contributed by atoms with Gasteiger partial charge in [0.25, 0.3) is 0 Å². The van der Waals surface area contributed by atoms with Crippen LogP contribution in [0, 0.1) is 18.7 Å². The number of oxazole rings is 1. The zero-order valence-electron chi connectivity index (χ0n) is 17.9. The van der Waals surface area contributed by atoms with E-state index < -0.39 is 0 Å². The maximum Gasteiger partial charge on any atom is 0.202 e. The van der Waals surface area contributed by atoms with E-state index in [4.69, 9.17) is 4.42 Å². The molecule has 0 radical (unpaired) electrons. The molecule has 2 fully saturated rings. The van der Waals surface area contributed by atoms with Gasteiger partial charge in [-0.1, -0.05) is 11.8 Å². The molecular weight excluding hydrogens is 415 g/mol. The quantitative estimate of drug-likeness (QED) is 0.409. The van der Waals surface area contributed by atoms with E-state index in [-0.39, 0.29) is 5.82 Å². The molecule has 0 amide bonds. The fourth-order valence-electron chi connectivity index (χ4n) is 4.79. The Kier molecular flexibility index (Phi) is 5.71. The summed E-state index contributed by atoms with van der Waals surface area (Å²) in [5, 5.41) is 9.49. The minimum Gasteiger partial charge on any atom is -0.440 e. The smallest absolute Gasteiger partial charge is 0.202 e.